The molecule has 3 rings (SSSR count). The minimum Gasteiger partial charge on any atom is -0.543 e. The van der Waals surface area contributed by atoms with E-state index in [-0.39, 0.29) is 27.5 Å². The van der Waals surface area contributed by atoms with Crippen LogP contribution in [0, 0.1) is 0 Å². The Morgan fingerprint density at radius 3 is 2.17 bits per heavy atom. The van der Waals surface area contributed by atoms with Gasteiger partial charge in [-0.2, -0.15) is 0 Å². The molecule has 1 aliphatic rings. The van der Waals surface area contributed by atoms with Crippen LogP contribution in [0.3, 0.4) is 0 Å². The lowest BCUT2D eigenvalue weighted by atomic mass is 9.92. The minimum absolute atomic E-state index is 0.0368. The molecule has 2 aromatic carbocycles. The first-order valence-corrected chi connectivity index (χ1v) is 18.6. The zero-order valence-electron chi connectivity index (χ0n) is 23.9. The first-order valence-electron chi connectivity index (χ1n) is 12.8. The highest BCUT2D eigenvalue weighted by molar-refractivity contribution is 6.75. The Labute approximate surface area is 218 Å². The van der Waals surface area contributed by atoms with Gasteiger partial charge in [-0.25, -0.2) is 4.79 Å². The van der Waals surface area contributed by atoms with Crippen LogP contribution in [0.5, 0.6) is 17.2 Å². The Hall–Kier alpha value is -2.04. The van der Waals surface area contributed by atoms with Gasteiger partial charge in [0.25, 0.3) is 8.32 Å². The smallest absolute Gasteiger partial charge is 0.342 e. The van der Waals surface area contributed by atoms with E-state index in [0.29, 0.717) is 36.3 Å². The minimum atomic E-state index is -2.22. The number of methoxy groups -OCH3 is 1. The van der Waals surface area contributed by atoms with Gasteiger partial charge in [0, 0.05) is 25.5 Å². The molecule has 2 aromatic rings. The number of ether oxygens (including phenoxy) is 2. The van der Waals surface area contributed by atoms with Crippen LogP contribution in [0.2, 0.25) is 36.3 Å². The Bertz CT molecular complexity index is 1140. The molecule has 0 bridgehead atoms. The number of fused-ring (bicyclic) bond motifs is 2. The van der Waals surface area contributed by atoms with Crippen LogP contribution in [-0.4, -0.2) is 47.5 Å². The summed E-state index contributed by atoms with van der Waals surface area (Å²) in [7, 11) is -2.48. The van der Waals surface area contributed by atoms with Crippen LogP contribution in [0.4, 0.5) is 0 Å². The summed E-state index contributed by atoms with van der Waals surface area (Å²) in [6, 6.07) is 5.64. The predicted octanol–water partition coefficient (Wildman–Crippen LogP) is 7.43. The Kier molecular flexibility index (Phi) is 7.68. The van der Waals surface area contributed by atoms with Crippen molar-refractivity contribution in [1.82, 2.24) is 0 Å². The quantitative estimate of drug-likeness (QED) is 0.295. The highest BCUT2D eigenvalue weighted by atomic mass is 28.4. The molecule has 0 amide bonds. The first-order chi connectivity index (χ1) is 16.4. The average Bonchev–Trinajstić information content (AvgIpc) is 2.70. The molecule has 0 saturated carbocycles. The Morgan fingerprint density at radius 1 is 1.00 bits per heavy atom. The Balaban J connectivity index is 1.96. The first kappa shape index (κ1) is 28.5. The predicted molar refractivity (Wildman–Crippen MR) is 151 cm³/mol. The summed E-state index contributed by atoms with van der Waals surface area (Å²) in [4.78, 5) is 13.1. The summed E-state index contributed by atoms with van der Waals surface area (Å²) >= 11 is 0. The number of rotatable bonds is 7. The van der Waals surface area contributed by atoms with Crippen LogP contribution >= 0.6 is 0 Å². The number of phenols is 1. The molecule has 200 valence electrons. The molecule has 0 unspecified atom stereocenters. The fraction of sp³-hybridized carbons (Fsp3) is 0.607. The largest absolute Gasteiger partial charge is 0.543 e. The third-order valence-electron chi connectivity index (χ3n) is 8.27. The van der Waals surface area contributed by atoms with Crippen molar-refractivity contribution in [2.75, 3.05) is 13.7 Å². The number of aromatic hydroxyl groups is 1. The van der Waals surface area contributed by atoms with Crippen molar-refractivity contribution in [3.8, 4) is 17.2 Å². The maximum atomic E-state index is 13.1. The molecular formula is C28H44O6Si2. The van der Waals surface area contributed by atoms with Gasteiger partial charge in [-0.1, -0.05) is 41.5 Å². The van der Waals surface area contributed by atoms with Gasteiger partial charge in [-0.3, -0.25) is 0 Å². The third kappa shape index (κ3) is 5.60. The van der Waals surface area contributed by atoms with Gasteiger partial charge in [0.2, 0.25) is 0 Å². The zero-order valence-corrected chi connectivity index (χ0v) is 25.9. The van der Waals surface area contributed by atoms with Crippen molar-refractivity contribution in [2.24, 2.45) is 0 Å². The van der Waals surface area contributed by atoms with E-state index in [1.165, 1.54) is 0 Å². The SMILES string of the molecule is COc1cc(O[Si](C)(C)C(C)(C)C)c2c(O)c3c(cc2c1)C[C@@H](CCO[Si](C)(C)C(C)(C)C)OC3=O. The second-order valence-corrected chi connectivity index (χ2v) is 22.5. The number of benzene rings is 2. The van der Waals surface area contributed by atoms with E-state index in [0.717, 1.165) is 10.9 Å². The van der Waals surface area contributed by atoms with Gasteiger partial charge in [0.15, 0.2) is 8.32 Å². The highest BCUT2D eigenvalue weighted by Crippen LogP contribution is 2.46. The van der Waals surface area contributed by atoms with Gasteiger partial charge in [0.1, 0.15) is 28.9 Å². The number of phenolic OH excluding ortho intramolecular Hbond substituents is 1. The van der Waals surface area contributed by atoms with E-state index in [1.807, 2.05) is 12.1 Å². The fourth-order valence-electron chi connectivity index (χ4n) is 3.85. The summed E-state index contributed by atoms with van der Waals surface area (Å²) in [6.07, 6.45) is 0.857. The van der Waals surface area contributed by atoms with Gasteiger partial charge in [-0.15, -0.1) is 0 Å². The molecule has 6 nitrogen and oxygen atoms in total. The number of hydrogen-bond donors (Lipinski definition) is 1. The molecule has 1 heterocycles. The van der Waals surface area contributed by atoms with E-state index in [1.54, 1.807) is 13.2 Å². The van der Waals surface area contributed by atoms with Crippen LogP contribution in [0.15, 0.2) is 18.2 Å². The van der Waals surface area contributed by atoms with E-state index < -0.39 is 22.6 Å². The van der Waals surface area contributed by atoms with E-state index >= 15 is 0 Å². The molecule has 0 saturated heterocycles. The van der Waals surface area contributed by atoms with Crippen molar-refractivity contribution < 1.29 is 28.2 Å². The number of carbonyl (C=O) groups excluding carboxylic acids is 1. The molecule has 8 heteroatoms. The number of carbonyl (C=O) groups is 1. The number of esters is 1. The van der Waals surface area contributed by atoms with E-state index in [4.69, 9.17) is 18.3 Å². The van der Waals surface area contributed by atoms with Crippen molar-refractivity contribution in [3.05, 3.63) is 29.3 Å². The standard InChI is InChI=1S/C28H44O6Si2/c1-27(2,3)35(8,9)32-13-12-20-15-19-14-18-16-21(31-7)17-22(34-36(10,11)28(4,5)6)23(18)25(29)24(19)26(30)33-20/h14,16-17,20,29H,12-13,15H2,1-11H3/t20-/m1/s1. The van der Waals surface area contributed by atoms with Crippen LogP contribution in [-0.2, 0) is 15.6 Å². The molecule has 1 aliphatic heterocycles. The van der Waals surface area contributed by atoms with E-state index in [2.05, 4.69) is 67.7 Å². The summed E-state index contributed by atoms with van der Waals surface area (Å²) in [6.45, 7) is 22.4. The summed E-state index contributed by atoms with van der Waals surface area (Å²) in [5, 5.41) is 12.7. The van der Waals surface area contributed by atoms with Crippen molar-refractivity contribution >= 4 is 33.4 Å². The molecule has 0 spiro atoms. The molecule has 0 aromatic heterocycles. The molecule has 0 radical (unpaired) electrons. The van der Waals surface area contributed by atoms with Crippen LogP contribution < -0.4 is 9.16 Å². The number of hydrogen-bond acceptors (Lipinski definition) is 6. The maximum absolute atomic E-state index is 13.1. The highest BCUT2D eigenvalue weighted by Gasteiger charge is 2.40. The van der Waals surface area contributed by atoms with Gasteiger partial charge < -0.3 is 23.4 Å². The average molecular weight is 533 g/mol. The van der Waals surface area contributed by atoms with Gasteiger partial charge in [0.05, 0.1) is 12.5 Å². The summed E-state index contributed by atoms with van der Waals surface area (Å²) in [5.74, 6) is 0.601. The topological polar surface area (TPSA) is 74.2 Å². The lowest BCUT2D eigenvalue weighted by Crippen LogP contribution is -2.43. The molecular weight excluding hydrogens is 488 g/mol. The molecule has 36 heavy (non-hydrogen) atoms. The van der Waals surface area contributed by atoms with Crippen LogP contribution in [0.1, 0.15) is 63.9 Å². The normalized spacial score (nSPS) is 17.1. The maximum Gasteiger partial charge on any atom is 0.342 e. The summed E-state index contributed by atoms with van der Waals surface area (Å²) < 4.78 is 24.2. The van der Waals surface area contributed by atoms with Crippen molar-refractivity contribution in [2.45, 2.75) is 96.8 Å². The second-order valence-electron chi connectivity index (χ2n) is 13.0. The fourth-order valence-corrected chi connectivity index (χ4v) is 5.93. The second kappa shape index (κ2) is 9.69. The lowest BCUT2D eigenvalue weighted by Gasteiger charge is -2.37. The van der Waals surface area contributed by atoms with Crippen molar-refractivity contribution in [3.63, 3.8) is 0 Å². The monoisotopic (exact) mass is 532 g/mol. The van der Waals surface area contributed by atoms with Crippen molar-refractivity contribution in [1.29, 1.82) is 0 Å². The van der Waals surface area contributed by atoms with Gasteiger partial charge >= 0.3 is 5.97 Å². The molecule has 1 atom stereocenters. The molecule has 1 N–H and O–H groups in total. The summed E-state index contributed by atoms with van der Waals surface area (Å²) in [5.41, 5.74) is 1.01. The zero-order chi connectivity index (χ0) is 27.3. The van der Waals surface area contributed by atoms with Gasteiger partial charge in [-0.05, 0) is 59.3 Å². The van der Waals surface area contributed by atoms with E-state index in [9.17, 15) is 9.90 Å². The molecule has 0 fully saturated rings. The molecule has 0 aliphatic carbocycles. The Morgan fingerprint density at radius 2 is 1.61 bits per heavy atom. The lowest BCUT2D eigenvalue weighted by molar-refractivity contribution is 0.0199. The van der Waals surface area contributed by atoms with Crippen LogP contribution in [0.25, 0.3) is 10.8 Å². The third-order valence-corrected chi connectivity index (χ3v) is 17.2. The number of cyclic esters (lactones) is 1.